The van der Waals surface area contributed by atoms with E-state index in [2.05, 4.69) is 91.8 Å². The number of halogens is 1. The molecule has 0 saturated heterocycles. The largest absolute Gasteiger partial charge is 0.342 e. The molecule has 0 atom stereocenters. The molecule has 0 unspecified atom stereocenters. The van der Waals surface area contributed by atoms with Crippen LogP contribution >= 0.6 is 15.9 Å². The Morgan fingerprint density at radius 1 is 0.906 bits per heavy atom. The second-order valence-corrected chi connectivity index (χ2v) is 8.54. The van der Waals surface area contributed by atoms with Gasteiger partial charge in [-0.2, -0.15) is 5.10 Å². The van der Waals surface area contributed by atoms with Crippen LogP contribution in [0.25, 0.3) is 21.7 Å². The van der Waals surface area contributed by atoms with Crippen LogP contribution in [0.4, 0.5) is 0 Å². The minimum absolute atomic E-state index is 0.248. The van der Waals surface area contributed by atoms with Crippen LogP contribution in [0.3, 0.4) is 0 Å². The summed E-state index contributed by atoms with van der Waals surface area (Å²) in [5.74, 6) is -0.248. The van der Waals surface area contributed by atoms with Gasteiger partial charge in [0, 0.05) is 39.2 Å². The molecule has 0 aliphatic heterocycles. The first-order chi connectivity index (χ1) is 15.7. The lowest BCUT2D eigenvalue weighted by Crippen LogP contribution is -2.17. The standard InChI is InChI=1S/C27H20BrN3O/c28-24-9-5-8-22(15-24)27(32)30-29-16-23-18-31(26-11-4-3-10-25(23)26)17-19-12-13-20-6-1-2-7-21(20)14-19/h1-16,18H,17H2,(H,30,32). The summed E-state index contributed by atoms with van der Waals surface area (Å²) in [4.78, 5) is 12.4. The Labute approximate surface area is 194 Å². The van der Waals surface area contributed by atoms with Gasteiger partial charge in [-0.15, -0.1) is 0 Å². The van der Waals surface area contributed by atoms with E-state index in [9.17, 15) is 4.79 Å². The molecule has 0 fully saturated rings. The molecule has 5 heteroatoms. The van der Waals surface area contributed by atoms with Crippen molar-refractivity contribution < 1.29 is 4.79 Å². The fraction of sp³-hybridized carbons (Fsp3) is 0.0370. The maximum atomic E-state index is 12.4. The maximum Gasteiger partial charge on any atom is 0.271 e. The van der Waals surface area contributed by atoms with E-state index in [1.54, 1.807) is 18.3 Å². The van der Waals surface area contributed by atoms with Crippen molar-refractivity contribution >= 4 is 49.7 Å². The van der Waals surface area contributed by atoms with E-state index in [0.29, 0.717) is 5.56 Å². The number of carbonyl (C=O) groups excluding carboxylic acids is 1. The van der Waals surface area contributed by atoms with Gasteiger partial charge in [0.1, 0.15) is 0 Å². The summed E-state index contributed by atoms with van der Waals surface area (Å²) in [6.45, 7) is 0.754. The highest BCUT2D eigenvalue weighted by molar-refractivity contribution is 9.10. The monoisotopic (exact) mass is 481 g/mol. The Kier molecular flexibility index (Phi) is 5.57. The molecule has 0 saturated carbocycles. The van der Waals surface area contributed by atoms with Crippen LogP contribution in [0.2, 0.25) is 0 Å². The predicted molar refractivity (Wildman–Crippen MR) is 134 cm³/mol. The molecule has 1 amide bonds. The molecule has 156 valence electrons. The number of nitrogens with zero attached hydrogens (tertiary/aromatic N) is 2. The number of fused-ring (bicyclic) bond motifs is 2. The molecule has 0 aliphatic rings. The van der Waals surface area contributed by atoms with Gasteiger partial charge in [0.2, 0.25) is 0 Å². The van der Waals surface area contributed by atoms with Crippen molar-refractivity contribution in [3.8, 4) is 0 Å². The number of rotatable bonds is 5. The molecule has 5 aromatic rings. The molecule has 4 nitrogen and oxygen atoms in total. The number of hydrazone groups is 1. The van der Waals surface area contributed by atoms with E-state index in [-0.39, 0.29) is 5.91 Å². The third-order valence-corrected chi connectivity index (χ3v) is 5.94. The van der Waals surface area contributed by atoms with E-state index in [0.717, 1.165) is 27.5 Å². The van der Waals surface area contributed by atoms with Crippen LogP contribution in [0.5, 0.6) is 0 Å². The van der Waals surface area contributed by atoms with E-state index in [4.69, 9.17) is 0 Å². The highest BCUT2D eigenvalue weighted by atomic mass is 79.9. The van der Waals surface area contributed by atoms with Gasteiger partial charge in [-0.05, 0) is 46.7 Å². The van der Waals surface area contributed by atoms with Gasteiger partial charge in [0.25, 0.3) is 5.91 Å². The average Bonchev–Trinajstić information content (AvgIpc) is 3.16. The minimum atomic E-state index is -0.248. The zero-order chi connectivity index (χ0) is 21.9. The molecule has 5 rings (SSSR count). The Morgan fingerprint density at radius 3 is 2.59 bits per heavy atom. The van der Waals surface area contributed by atoms with Crippen molar-refractivity contribution in [2.45, 2.75) is 6.54 Å². The fourth-order valence-corrected chi connectivity index (χ4v) is 4.30. The lowest BCUT2D eigenvalue weighted by Gasteiger charge is -2.07. The van der Waals surface area contributed by atoms with Crippen molar-refractivity contribution in [1.29, 1.82) is 0 Å². The highest BCUT2D eigenvalue weighted by Gasteiger charge is 2.08. The van der Waals surface area contributed by atoms with Crippen molar-refractivity contribution in [3.63, 3.8) is 0 Å². The molecule has 1 N–H and O–H groups in total. The number of benzene rings is 4. The molecular formula is C27H20BrN3O. The smallest absolute Gasteiger partial charge is 0.271 e. The molecule has 4 aromatic carbocycles. The number of aromatic nitrogens is 1. The first-order valence-corrected chi connectivity index (χ1v) is 11.1. The topological polar surface area (TPSA) is 46.4 Å². The molecule has 0 spiro atoms. The third kappa shape index (κ3) is 4.20. The first kappa shape index (κ1) is 20.2. The first-order valence-electron chi connectivity index (χ1n) is 10.3. The van der Waals surface area contributed by atoms with E-state index in [1.165, 1.54) is 16.3 Å². The summed E-state index contributed by atoms with van der Waals surface area (Å²) in [5, 5.41) is 7.77. The second kappa shape index (κ2) is 8.81. The van der Waals surface area contributed by atoms with Crippen LogP contribution in [0.1, 0.15) is 21.5 Å². The summed E-state index contributed by atoms with van der Waals surface area (Å²) in [5.41, 5.74) is 6.48. The number of amides is 1. The summed E-state index contributed by atoms with van der Waals surface area (Å²) in [7, 11) is 0. The SMILES string of the molecule is O=C(NN=Cc1cn(Cc2ccc3ccccc3c2)c2ccccc12)c1cccc(Br)c1. The summed E-state index contributed by atoms with van der Waals surface area (Å²) in [6.07, 6.45) is 3.78. The van der Waals surface area contributed by atoms with E-state index in [1.807, 2.05) is 24.3 Å². The van der Waals surface area contributed by atoms with E-state index >= 15 is 0 Å². The highest BCUT2D eigenvalue weighted by Crippen LogP contribution is 2.23. The van der Waals surface area contributed by atoms with Gasteiger partial charge in [0.05, 0.1) is 6.21 Å². The zero-order valence-electron chi connectivity index (χ0n) is 17.2. The molecular weight excluding hydrogens is 462 g/mol. The molecule has 1 aromatic heterocycles. The van der Waals surface area contributed by atoms with Crippen LogP contribution in [0.15, 0.2) is 107 Å². The summed E-state index contributed by atoms with van der Waals surface area (Å²) >= 11 is 3.38. The van der Waals surface area contributed by atoms with Crippen LogP contribution in [0, 0.1) is 0 Å². The van der Waals surface area contributed by atoms with Crippen molar-refractivity contribution in [2.75, 3.05) is 0 Å². The average molecular weight is 482 g/mol. The number of hydrogen-bond acceptors (Lipinski definition) is 2. The van der Waals surface area contributed by atoms with Gasteiger partial charge in [-0.25, -0.2) is 5.43 Å². The molecule has 0 radical (unpaired) electrons. The van der Waals surface area contributed by atoms with E-state index < -0.39 is 0 Å². The Bertz CT molecular complexity index is 1470. The van der Waals surface area contributed by atoms with Crippen molar-refractivity contribution in [2.24, 2.45) is 5.10 Å². The van der Waals surface area contributed by atoms with Crippen LogP contribution < -0.4 is 5.43 Å². The Hall–Kier alpha value is -3.70. The maximum absolute atomic E-state index is 12.4. The fourth-order valence-electron chi connectivity index (χ4n) is 3.90. The van der Waals surface area contributed by atoms with Gasteiger partial charge in [-0.3, -0.25) is 4.79 Å². The molecule has 0 aliphatic carbocycles. The van der Waals surface area contributed by atoms with Crippen LogP contribution in [-0.4, -0.2) is 16.7 Å². The predicted octanol–water partition coefficient (Wildman–Crippen LogP) is 6.37. The lowest BCUT2D eigenvalue weighted by molar-refractivity contribution is 0.0955. The Balaban J connectivity index is 1.40. The normalized spacial score (nSPS) is 11.4. The third-order valence-electron chi connectivity index (χ3n) is 5.44. The van der Waals surface area contributed by atoms with Gasteiger partial charge < -0.3 is 4.57 Å². The summed E-state index contributed by atoms with van der Waals surface area (Å²) in [6, 6.07) is 30.4. The number of para-hydroxylation sites is 1. The number of hydrogen-bond donors (Lipinski definition) is 1. The second-order valence-electron chi connectivity index (χ2n) is 7.62. The van der Waals surface area contributed by atoms with Gasteiger partial charge in [-0.1, -0.05) is 76.6 Å². The number of nitrogens with one attached hydrogen (secondary N) is 1. The van der Waals surface area contributed by atoms with Crippen LogP contribution in [-0.2, 0) is 6.54 Å². The van der Waals surface area contributed by atoms with Gasteiger partial charge in [0.15, 0.2) is 0 Å². The quantitative estimate of drug-likeness (QED) is 0.230. The van der Waals surface area contributed by atoms with Crippen molar-refractivity contribution in [3.05, 3.63) is 118 Å². The molecule has 0 bridgehead atoms. The van der Waals surface area contributed by atoms with Gasteiger partial charge >= 0.3 is 0 Å². The summed E-state index contributed by atoms with van der Waals surface area (Å²) < 4.78 is 3.07. The molecule has 32 heavy (non-hydrogen) atoms. The van der Waals surface area contributed by atoms with Crippen molar-refractivity contribution in [1.82, 2.24) is 9.99 Å². The zero-order valence-corrected chi connectivity index (χ0v) is 18.8. The lowest BCUT2D eigenvalue weighted by atomic mass is 10.1. The number of carbonyl (C=O) groups is 1. The molecule has 1 heterocycles. The minimum Gasteiger partial charge on any atom is -0.342 e. The Morgan fingerprint density at radius 2 is 1.72 bits per heavy atom.